The molecule has 3 rings (SSSR count). The van der Waals surface area contributed by atoms with Crippen molar-refractivity contribution in [2.75, 3.05) is 6.54 Å². The lowest BCUT2D eigenvalue weighted by atomic mass is 9.93. The largest absolute Gasteiger partial charge is 0.339 e. The second kappa shape index (κ2) is 5.43. The summed E-state index contributed by atoms with van der Waals surface area (Å²) in [5, 5.41) is 7.53. The zero-order chi connectivity index (χ0) is 13.2. The number of hydrogen-bond donors (Lipinski definition) is 1. The quantitative estimate of drug-likeness (QED) is 0.921. The molecule has 1 N–H and O–H groups in total. The van der Waals surface area contributed by atoms with Gasteiger partial charge in [-0.3, -0.25) is 0 Å². The van der Waals surface area contributed by atoms with Crippen molar-refractivity contribution in [3.8, 4) is 11.4 Å². The molecular formula is C14H16BrN3O. The first kappa shape index (κ1) is 12.8. The van der Waals surface area contributed by atoms with Gasteiger partial charge in [0.1, 0.15) is 0 Å². The Morgan fingerprint density at radius 1 is 1.42 bits per heavy atom. The molecule has 1 aliphatic heterocycles. The van der Waals surface area contributed by atoms with Crippen LogP contribution in [0.4, 0.5) is 0 Å². The molecule has 4 nitrogen and oxygen atoms in total. The fourth-order valence-electron chi connectivity index (χ4n) is 2.50. The molecule has 1 saturated heterocycles. The molecule has 5 heteroatoms. The maximum absolute atomic E-state index is 5.44. The van der Waals surface area contributed by atoms with Crippen LogP contribution in [0.15, 0.2) is 33.3 Å². The van der Waals surface area contributed by atoms with E-state index in [1.807, 2.05) is 24.3 Å². The van der Waals surface area contributed by atoms with Crippen LogP contribution >= 0.6 is 15.9 Å². The lowest BCUT2D eigenvalue weighted by molar-refractivity contribution is 0.295. The summed E-state index contributed by atoms with van der Waals surface area (Å²) in [6, 6.07) is 8.46. The van der Waals surface area contributed by atoms with Gasteiger partial charge >= 0.3 is 0 Å². The molecule has 0 spiro atoms. The number of benzene rings is 1. The average Bonchev–Trinajstić information content (AvgIpc) is 2.88. The standard InChI is InChI=1S/C14H16BrN3O/c1-9-7-11(5-6-16-9)14-17-13(18-19-14)10-3-2-4-12(15)8-10/h2-4,8-9,11,16H,5-7H2,1H3/t9-,11-/m0/s1. The van der Waals surface area contributed by atoms with Crippen molar-refractivity contribution in [2.45, 2.75) is 31.7 Å². The minimum absolute atomic E-state index is 0.379. The van der Waals surface area contributed by atoms with Gasteiger partial charge in [0.25, 0.3) is 0 Å². The van der Waals surface area contributed by atoms with E-state index in [1.54, 1.807) is 0 Å². The molecule has 0 saturated carbocycles. The molecule has 19 heavy (non-hydrogen) atoms. The van der Waals surface area contributed by atoms with Crippen LogP contribution in [0, 0.1) is 0 Å². The lowest BCUT2D eigenvalue weighted by Crippen LogP contribution is -2.34. The Labute approximate surface area is 120 Å². The maximum Gasteiger partial charge on any atom is 0.230 e. The van der Waals surface area contributed by atoms with Crippen molar-refractivity contribution in [2.24, 2.45) is 0 Å². The first-order chi connectivity index (χ1) is 9.22. The second-order valence-corrected chi connectivity index (χ2v) is 5.96. The van der Waals surface area contributed by atoms with Crippen LogP contribution in [-0.2, 0) is 0 Å². The highest BCUT2D eigenvalue weighted by molar-refractivity contribution is 9.10. The van der Waals surface area contributed by atoms with Gasteiger partial charge in [-0.15, -0.1) is 0 Å². The molecule has 2 aromatic rings. The van der Waals surface area contributed by atoms with Crippen molar-refractivity contribution < 1.29 is 4.52 Å². The number of rotatable bonds is 2. The monoisotopic (exact) mass is 321 g/mol. The Morgan fingerprint density at radius 2 is 2.32 bits per heavy atom. The Bertz CT molecular complexity index is 569. The summed E-state index contributed by atoms with van der Waals surface area (Å²) >= 11 is 3.46. The van der Waals surface area contributed by atoms with Crippen LogP contribution in [0.2, 0.25) is 0 Å². The van der Waals surface area contributed by atoms with E-state index in [9.17, 15) is 0 Å². The van der Waals surface area contributed by atoms with E-state index >= 15 is 0 Å². The van der Waals surface area contributed by atoms with Gasteiger partial charge in [0.2, 0.25) is 11.7 Å². The molecule has 1 fully saturated rings. The molecular weight excluding hydrogens is 306 g/mol. The minimum Gasteiger partial charge on any atom is -0.339 e. The van der Waals surface area contributed by atoms with E-state index in [2.05, 4.69) is 38.3 Å². The smallest absolute Gasteiger partial charge is 0.230 e. The van der Waals surface area contributed by atoms with Crippen molar-refractivity contribution in [1.82, 2.24) is 15.5 Å². The summed E-state index contributed by atoms with van der Waals surface area (Å²) in [6.07, 6.45) is 2.12. The van der Waals surface area contributed by atoms with E-state index in [0.29, 0.717) is 17.8 Å². The summed E-state index contributed by atoms with van der Waals surface area (Å²) in [5.41, 5.74) is 0.978. The summed E-state index contributed by atoms with van der Waals surface area (Å²) in [5.74, 6) is 1.82. The van der Waals surface area contributed by atoms with Crippen LogP contribution in [0.3, 0.4) is 0 Å². The predicted octanol–water partition coefficient (Wildman–Crippen LogP) is 3.35. The van der Waals surface area contributed by atoms with E-state index < -0.39 is 0 Å². The summed E-state index contributed by atoms with van der Waals surface area (Å²) in [7, 11) is 0. The molecule has 1 aromatic carbocycles. The number of nitrogens with zero attached hydrogens (tertiary/aromatic N) is 2. The topological polar surface area (TPSA) is 51.0 Å². The summed E-state index contributed by atoms with van der Waals surface area (Å²) in [6.45, 7) is 3.21. The fraction of sp³-hybridized carbons (Fsp3) is 0.429. The Balaban J connectivity index is 1.83. The molecule has 0 amide bonds. The predicted molar refractivity (Wildman–Crippen MR) is 76.9 cm³/mol. The molecule has 1 aliphatic rings. The lowest BCUT2D eigenvalue weighted by Gasteiger charge is -2.25. The number of piperidine rings is 1. The Hall–Kier alpha value is -1.20. The zero-order valence-corrected chi connectivity index (χ0v) is 12.4. The van der Waals surface area contributed by atoms with Crippen molar-refractivity contribution >= 4 is 15.9 Å². The SMILES string of the molecule is C[C@H]1C[C@@H](c2nc(-c3cccc(Br)c3)no2)CCN1. The number of halogens is 1. The van der Waals surface area contributed by atoms with Gasteiger partial charge in [-0.25, -0.2) is 0 Å². The van der Waals surface area contributed by atoms with Crippen molar-refractivity contribution in [1.29, 1.82) is 0 Å². The first-order valence-electron chi connectivity index (χ1n) is 6.55. The van der Waals surface area contributed by atoms with E-state index in [0.717, 1.165) is 35.3 Å². The molecule has 2 heterocycles. The van der Waals surface area contributed by atoms with Gasteiger partial charge in [-0.1, -0.05) is 33.2 Å². The zero-order valence-electron chi connectivity index (χ0n) is 10.8. The van der Waals surface area contributed by atoms with Crippen LogP contribution in [0.5, 0.6) is 0 Å². The Kier molecular flexibility index (Phi) is 3.66. The second-order valence-electron chi connectivity index (χ2n) is 5.04. The molecule has 0 bridgehead atoms. The molecule has 1 aromatic heterocycles. The van der Waals surface area contributed by atoms with Crippen LogP contribution in [0.25, 0.3) is 11.4 Å². The molecule has 100 valence electrons. The van der Waals surface area contributed by atoms with Gasteiger partial charge in [0.05, 0.1) is 0 Å². The average molecular weight is 322 g/mol. The highest BCUT2D eigenvalue weighted by Gasteiger charge is 2.25. The number of hydrogen-bond acceptors (Lipinski definition) is 4. The summed E-state index contributed by atoms with van der Waals surface area (Å²) < 4.78 is 6.46. The third kappa shape index (κ3) is 2.87. The molecule has 2 atom stereocenters. The number of nitrogens with one attached hydrogen (secondary N) is 1. The van der Waals surface area contributed by atoms with E-state index in [-0.39, 0.29) is 0 Å². The Morgan fingerprint density at radius 3 is 3.11 bits per heavy atom. The number of aromatic nitrogens is 2. The van der Waals surface area contributed by atoms with E-state index in [4.69, 9.17) is 4.52 Å². The molecule has 0 unspecified atom stereocenters. The van der Waals surface area contributed by atoms with Gasteiger partial charge < -0.3 is 9.84 Å². The normalized spacial score (nSPS) is 23.5. The summed E-state index contributed by atoms with van der Waals surface area (Å²) in [4.78, 5) is 4.55. The van der Waals surface area contributed by atoms with Gasteiger partial charge in [0.15, 0.2) is 0 Å². The van der Waals surface area contributed by atoms with E-state index in [1.165, 1.54) is 0 Å². The third-order valence-corrected chi connectivity index (χ3v) is 3.99. The molecule has 0 aliphatic carbocycles. The van der Waals surface area contributed by atoms with Crippen molar-refractivity contribution in [3.63, 3.8) is 0 Å². The minimum atomic E-state index is 0.379. The van der Waals surface area contributed by atoms with Crippen molar-refractivity contribution in [3.05, 3.63) is 34.6 Å². The van der Waals surface area contributed by atoms with Gasteiger partial charge in [-0.05, 0) is 38.4 Å². The van der Waals surface area contributed by atoms with Crippen LogP contribution in [0.1, 0.15) is 31.6 Å². The molecule has 0 radical (unpaired) electrons. The fourth-order valence-corrected chi connectivity index (χ4v) is 2.90. The van der Waals surface area contributed by atoms with Crippen LogP contribution in [-0.4, -0.2) is 22.7 Å². The third-order valence-electron chi connectivity index (χ3n) is 3.50. The highest BCUT2D eigenvalue weighted by atomic mass is 79.9. The van der Waals surface area contributed by atoms with Gasteiger partial charge in [-0.2, -0.15) is 4.98 Å². The maximum atomic E-state index is 5.44. The first-order valence-corrected chi connectivity index (χ1v) is 7.34. The highest BCUT2D eigenvalue weighted by Crippen LogP contribution is 2.28. The van der Waals surface area contributed by atoms with Crippen LogP contribution < -0.4 is 5.32 Å². The van der Waals surface area contributed by atoms with Gasteiger partial charge in [0, 0.05) is 22.0 Å².